The maximum atomic E-state index is 12.5. The van der Waals surface area contributed by atoms with E-state index in [1.165, 1.54) is 0 Å². The molecule has 2 rings (SSSR count). The van der Waals surface area contributed by atoms with Gasteiger partial charge < -0.3 is 15.4 Å². The standard InChI is InChI=1S/C16H23BrN2O2/c1-10(2)19-15(20)6-4-5-13(18)16(19)12-9-11(17)7-8-14(12)21-3/h7-10,13,16H,4-6,18H2,1-3H3. The quantitative estimate of drug-likeness (QED) is 0.906. The van der Waals surface area contributed by atoms with Crippen LogP contribution in [0.15, 0.2) is 22.7 Å². The Hall–Kier alpha value is -1.07. The van der Waals surface area contributed by atoms with Crippen molar-refractivity contribution in [3.05, 3.63) is 28.2 Å². The van der Waals surface area contributed by atoms with E-state index in [1.807, 2.05) is 36.9 Å². The third-order valence-corrected chi connectivity index (χ3v) is 4.48. The molecule has 1 aromatic carbocycles. The lowest BCUT2D eigenvalue weighted by molar-refractivity contribution is -0.135. The van der Waals surface area contributed by atoms with Crippen LogP contribution >= 0.6 is 15.9 Å². The molecule has 5 heteroatoms. The lowest BCUT2D eigenvalue weighted by atomic mass is 9.94. The van der Waals surface area contributed by atoms with Gasteiger partial charge in [-0.25, -0.2) is 0 Å². The van der Waals surface area contributed by atoms with Crippen molar-refractivity contribution in [2.75, 3.05) is 7.11 Å². The fourth-order valence-electron chi connectivity index (χ4n) is 3.06. The summed E-state index contributed by atoms with van der Waals surface area (Å²) in [6, 6.07) is 5.74. The van der Waals surface area contributed by atoms with E-state index in [4.69, 9.17) is 10.5 Å². The van der Waals surface area contributed by atoms with Crippen LogP contribution in [0.3, 0.4) is 0 Å². The first-order valence-corrected chi connectivity index (χ1v) is 8.15. The molecule has 2 unspecified atom stereocenters. The maximum Gasteiger partial charge on any atom is 0.223 e. The fraction of sp³-hybridized carbons (Fsp3) is 0.562. The number of amides is 1. The fourth-order valence-corrected chi connectivity index (χ4v) is 3.44. The van der Waals surface area contributed by atoms with Crippen molar-refractivity contribution in [1.29, 1.82) is 0 Å². The van der Waals surface area contributed by atoms with Gasteiger partial charge in [0.1, 0.15) is 5.75 Å². The summed E-state index contributed by atoms with van der Waals surface area (Å²) in [4.78, 5) is 14.4. The van der Waals surface area contributed by atoms with Gasteiger partial charge in [-0.2, -0.15) is 0 Å². The molecular weight excluding hydrogens is 332 g/mol. The summed E-state index contributed by atoms with van der Waals surface area (Å²) < 4.78 is 6.46. The number of halogens is 1. The first-order chi connectivity index (χ1) is 9.95. The number of methoxy groups -OCH3 is 1. The third-order valence-electron chi connectivity index (χ3n) is 3.99. The molecule has 0 bridgehead atoms. The first kappa shape index (κ1) is 16.3. The van der Waals surface area contributed by atoms with Gasteiger partial charge in [0.25, 0.3) is 0 Å². The third kappa shape index (κ3) is 3.40. The van der Waals surface area contributed by atoms with E-state index in [0.717, 1.165) is 28.6 Å². The highest BCUT2D eigenvalue weighted by Crippen LogP contribution is 2.37. The Labute approximate surface area is 134 Å². The van der Waals surface area contributed by atoms with Gasteiger partial charge in [0.05, 0.1) is 13.2 Å². The Balaban J connectivity index is 2.54. The summed E-state index contributed by atoms with van der Waals surface area (Å²) >= 11 is 3.50. The monoisotopic (exact) mass is 354 g/mol. The van der Waals surface area contributed by atoms with Crippen molar-refractivity contribution >= 4 is 21.8 Å². The van der Waals surface area contributed by atoms with Crippen LogP contribution in [-0.4, -0.2) is 30.0 Å². The highest BCUT2D eigenvalue weighted by atomic mass is 79.9. The average molecular weight is 355 g/mol. The molecule has 1 aliphatic heterocycles. The molecule has 21 heavy (non-hydrogen) atoms. The van der Waals surface area contributed by atoms with Gasteiger partial charge in [-0.3, -0.25) is 4.79 Å². The van der Waals surface area contributed by atoms with Crippen molar-refractivity contribution in [2.45, 2.75) is 51.2 Å². The molecule has 116 valence electrons. The molecule has 2 N–H and O–H groups in total. The number of likely N-dealkylation sites (tertiary alicyclic amines) is 1. The second-order valence-corrected chi connectivity index (χ2v) is 6.70. The van der Waals surface area contributed by atoms with Gasteiger partial charge in [0.2, 0.25) is 5.91 Å². The number of ether oxygens (including phenoxy) is 1. The minimum atomic E-state index is -0.146. The minimum Gasteiger partial charge on any atom is -0.496 e. The van der Waals surface area contributed by atoms with E-state index in [9.17, 15) is 4.79 Å². The van der Waals surface area contributed by atoms with E-state index in [0.29, 0.717) is 6.42 Å². The van der Waals surface area contributed by atoms with E-state index < -0.39 is 0 Å². The molecule has 1 aliphatic rings. The van der Waals surface area contributed by atoms with Crippen LogP contribution in [0.2, 0.25) is 0 Å². The van der Waals surface area contributed by atoms with Gasteiger partial charge in [0.15, 0.2) is 0 Å². The molecular formula is C16H23BrN2O2. The van der Waals surface area contributed by atoms with E-state index in [-0.39, 0.29) is 24.0 Å². The molecule has 0 radical (unpaired) electrons. The van der Waals surface area contributed by atoms with Crippen molar-refractivity contribution in [2.24, 2.45) is 5.73 Å². The minimum absolute atomic E-state index is 0.0814. The molecule has 0 spiro atoms. The molecule has 4 nitrogen and oxygen atoms in total. The number of carbonyl (C=O) groups excluding carboxylic acids is 1. The molecule has 1 saturated heterocycles. The van der Waals surface area contributed by atoms with E-state index >= 15 is 0 Å². The lowest BCUT2D eigenvalue weighted by Crippen LogP contribution is -2.45. The van der Waals surface area contributed by atoms with E-state index in [2.05, 4.69) is 15.9 Å². The lowest BCUT2D eigenvalue weighted by Gasteiger charge is -2.37. The van der Waals surface area contributed by atoms with Crippen molar-refractivity contribution in [3.8, 4) is 5.75 Å². The normalized spacial score (nSPS) is 23.3. The van der Waals surface area contributed by atoms with Crippen LogP contribution in [0.4, 0.5) is 0 Å². The van der Waals surface area contributed by atoms with Crippen LogP contribution in [0.1, 0.15) is 44.7 Å². The number of rotatable bonds is 3. The summed E-state index contributed by atoms with van der Waals surface area (Å²) in [6.07, 6.45) is 2.25. The van der Waals surface area contributed by atoms with Crippen molar-refractivity contribution in [3.63, 3.8) is 0 Å². The zero-order valence-electron chi connectivity index (χ0n) is 12.8. The Morgan fingerprint density at radius 2 is 2.14 bits per heavy atom. The summed E-state index contributed by atoms with van der Waals surface area (Å²) in [7, 11) is 1.65. The van der Waals surface area contributed by atoms with Crippen LogP contribution in [0, 0.1) is 0 Å². The molecule has 2 atom stereocenters. The predicted molar refractivity (Wildman–Crippen MR) is 87.2 cm³/mol. The largest absolute Gasteiger partial charge is 0.496 e. The Morgan fingerprint density at radius 1 is 1.43 bits per heavy atom. The second kappa shape index (κ2) is 6.79. The number of hydrogen-bond donors (Lipinski definition) is 1. The second-order valence-electron chi connectivity index (χ2n) is 5.78. The van der Waals surface area contributed by atoms with Crippen LogP contribution < -0.4 is 10.5 Å². The molecule has 0 aromatic heterocycles. The molecule has 1 aromatic rings. The Bertz CT molecular complexity index is 519. The average Bonchev–Trinajstić information content (AvgIpc) is 2.57. The number of benzene rings is 1. The van der Waals surface area contributed by atoms with Gasteiger partial charge in [-0.1, -0.05) is 15.9 Å². The summed E-state index contributed by atoms with van der Waals surface area (Å²) in [6.45, 7) is 4.07. The number of nitrogens with zero attached hydrogens (tertiary/aromatic N) is 1. The van der Waals surface area contributed by atoms with Gasteiger partial charge in [0, 0.05) is 28.5 Å². The summed E-state index contributed by atoms with van der Waals surface area (Å²) in [5, 5.41) is 0. The molecule has 1 fully saturated rings. The SMILES string of the molecule is COc1ccc(Br)cc1C1C(N)CCCC(=O)N1C(C)C. The van der Waals surface area contributed by atoms with Gasteiger partial charge in [-0.15, -0.1) is 0 Å². The van der Waals surface area contributed by atoms with Crippen LogP contribution in [0.25, 0.3) is 0 Å². The topological polar surface area (TPSA) is 55.6 Å². The number of nitrogens with two attached hydrogens (primary N) is 1. The smallest absolute Gasteiger partial charge is 0.223 e. The Kier molecular flexibility index (Phi) is 5.27. The highest BCUT2D eigenvalue weighted by molar-refractivity contribution is 9.10. The highest BCUT2D eigenvalue weighted by Gasteiger charge is 2.36. The van der Waals surface area contributed by atoms with Crippen LogP contribution in [0.5, 0.6) is 5.75 Å². The zero-order valence-corrected chi connectivity index (χ0v) is 14.4. The first-order valence-electron chi connectivity index (χ1n) is 7.36. The predicted octanol–water partition coefficient (Wildman–Crippen LogP) is 3.25. The molecule has 1 amide bonds. The van der Waals surface area contributed by atoms with Crippen LogP contribution in [-0.2, 0) is 4.79 Å². The molecule has 0 aliphatic carbocycles. The van der Waals surface area contributed by atoms with Gasteiger partial charge in [-0.05, 0) is 44.9 Å². The summed E-state index contributed by atoms with van der Waals surface area (Å²) in [5.74, 6) is 0.948. The van der Waals surface area contributed by atoms with Gasteiger partial charge >= 0.3 is 0 Å². The molecule has 0 saturated carbocycles. The van der Waals surface area contributed by atoms with Crippen molar-refractivity contribution in [1.82, 2.24) is 4.90 Å². The van der Waals surface area contributed by atoms with E-state index in [1.54, 1.807) is 7.11 Å². The Morgan fingerprint density at radius 3 is 2.76 bits per heavy atom. The number of hydrogen-bond acceptors (Lipinski definition) is 3. The summed E-state index contributed by atoms with van der Waals surface area (Å²) in [5.41, 5.74) is 7.39. The zero-order chi connectivity index (χ0) is 15.6. The number of carbonyl (C=O) groups is 1. The van der Waals surface area contributed by atoms with Crippen molar-refractivity contribution < 1.29 is 9.53 Å². The molecule has 1 heterocycles. The maximum absolute atomic E-state index is 12.5.